The lowest BCUT2D eigenvalue weighted by atomic mass is 9.91. The molecule has 5 heteroatoms. The minimum absolute atomic E-state index is 0.183. The van der Waals surface area contributed by atoms with E-state index >= 15 is 0 Å². The summed E-state index contributed by atoms with van der Waals surface area (Å²) in [6.45, 7) is 2.05. The highest BCUT2D eigenvalue weighted by Crippen LogP contribution is 2.34. The highest BCUT2D eigenvalue weighted by atomic mass is 16.5. The number of rotatable bonds is 1. The lowest BCUT2D eigenvalue weighted by Gasteiger charge is -2.27. The molecule has 2 atom stereocenters. The predicted octanol–water partition coefficient (Wildman–Crippen LogP) is 0.881. The summed E-state index contributed by atoms with van der Waals surface area (Å²) in [4.78, 5) is 11.6. The summed E-state index contributed by atoms with van der Waals surface area (Å²) in [5.74, 6) is 0.552. The van der Waals surface area contributed by atoms with E-state index in [1.165, 1.54) is 7.11 Å². The Bertz CT molecular complexity index is 386. The van der Waals surface area contributed by atoms with Crippen LogP contribution in [-0.4, -0.2) is 28.9 Å². The number of hydrogen-bond acceptors (Lipinski definition) is 4. The first-order chi connectivity index (χ1) is 7.13. The van der Waals surface area contributed by atoms with Crippen molar-refractivity contribution in [2.45, 2.75) is 25.3 Å². The fourth-order valence-electron chi connectivity index (χ4n) is 2.02. The van der Waals surface area contributed by atoms with E-state index in [0.29, 0.717) is 0 Å². The van der Waals surface area contributed by atoms with Gasteiger partial charge in [-0.2, -0.15) is 5.10 Å². The molecule has 82 valence electrons. The molecule has 2 unspecified atom stereocenters. The first kappa shape index (κ1) is 10.0. The van der Waals surface area contributed by atoms with Gasteiger partial charge in [-0.25, -0.2) is 0 Å². The van der Waals surface area contributed by atoms with E-state index in [0.717, 1.165) is 17.8 Å². The van der Waals surface area contributed by atoms with Crippen LogP contribution >= 0.6 is 0 Å². The number of nitrogens with zero attached hydrogens (tertiary/aromatic N) is 2. The van der Waals surface area contributed by atoms with Gasteiger partial charge in [-0.1, -0.05) is 0 Å². The Morgan fingerprint density at radius 2 is 2.47 bits per heavy atom. The Morgan fingerprint density at radius 3 is 3.13 bits per heavy atom. The summed E-state index contributed by atoms with van der Waals surface area (Å²) in [7, 11) is 3.28. The summed E-state index contributed by atoms with van der Waals surface area (Å²) in [6, 6.07) is 0.261. The number of aryl methyl sites for hydroxylation is 1. The average molecular weight is 209 g/mol. The van der Waals surface area contributed by atoms with Crippen LogP contribution in [-0.2, 0) is 16.6 Å². The van der Waals surface area contributed by atoms with Gasteiger partial charge in [0.05, 0.1) is 19.2 Å². The van der Waals surface area contributed by atoms with Gasteiger partial charge in [-0.15, -0.1) is 0 Å². The number of ether oxygens (including phenoxy) is 1. The van der Waals surface area contributed by atoms with E-state index in [2.05, 4.69) is 10.4 Å². The van der Waals surface area contributed by atoms with Gasteiger partial charge in [-0.05, 0) is 13.3 Å². The number of aromatic nitrogens is 2. The standard InChI is InChI=1S/C10H15N3O2/c1-6-4-7(10(14)15-3)8-5-11-13(2)9(8)12-6/h5-7,12H,4H2,1-3H3. The van der Waals surface area contributed by atoms with Crippen molar-refractivity contribution in [1.29, 1.82) is 0 Å². The number of methoxy groups -OCH3 is 1. The van der Waals surface area contributed by atoms with Crippen LogP contribution in [0, 0.1) is 0 Å². The van der Waals surface area contributed by atoms with Crippen LogP contribution < -0.4 is 5.32 Å². The van der Waals surface area contributed by atoms with E-state index in [1.54, 1.807) is 10.9 Å². The highest BCUT2D eigenvalue weighted by Gasteiger charge is 2.32. The molecule has 5 nitrogen and oxygen atoms in total. The van der Waals surface area contributed by atoms with E-state index < -0.39 is 0 Å². The summed E-state index contributed by atoms with van der Waals surface area (Å²) < 4.78 is 6.55. The van der Waals surface area contributed by atoms with Crippen LogP contribution in [0.5, 0.6) is 0 Å². The van der Waals surface area contributed by atoms with Gasteiger partial charge in [-0.3, -0.25) is 9.48 Å². The van der Waals surface area contributed by atoms with Crippen molar-refractivity contribution in [2.24, 2.45) is 7.05 Å². The first-order valence-corrected chi connectivity index (χ1v) is 4.99. The third kappa shape index (κ3) is 1.58. The number of fused-ring (bicyclic) bond motifs is 1. The number of hydrogen-bond donors (Lipinski definition) is 1. The van der Waals surface area contributed by atoms with Crippen LogP contribution in [0.3, 0.4) is 0 Å². The Balaban J connectivity index is 2.39. The Labute approximate surface area is 88.4 Å². The van der Waals surface area contributed by atoms with Crippen molar-refractivity contribution in [3.8, 4) is 0 Å². The lowest BCUT2D eigenvalue weighted by Crippen LogP contribution is -2.30. The molecule has 0 aromatic carbocycles. The van der Waals surface area contributed by atoms with Gasteiger partial charge >= 0.3 is 5.97 Å². The second kappa shape index (κ2) is 3.56. The fourth-order valence-corrected chi connectivity index (χ4v) is 2.02. The van der Waals surface area contributed by atoms with Crippen molar-refractivity contribution in [3.63, 3.8) is 0 Å². The molecule has 2 heterocycles. The molecule has 0 spiro atoms. The maximum absolute atomic E-state index is 11.6. The zero-order chi connectivity index (χ0) is 11.0. The number of anilines is 1. The molecule has 15 heavy (non-hydrogen) atoms. The van der Waals surface area contributed by atoms with Crippen LogP contribution in [0.25, 0.3) is 0 Å². The third-order valence-electron chi connectivity index (χ3n) is 2.80. The topological polar surface area (TPSA) is 56.1 Å². The summed E-state index contributed by atoms with van der Waals surface area (Å²) in [6.07, 6.45) is 2.49. The predicted molar refractivity (Wildman–Crippen MR) is 55.7 cm³/mol. The van der Waals surface area contributed by atoms with Crippen molar-refractivity contribution in [1.82, 2.24) is 9.78 Å². The van der Waals surface area contributed by atoms with Crippen molar-refractivity contribution >= 4 is 11.8 Å². The van der Waals surface area contributed by atoms with Crippen LogP contribution in [0.4, 0.5) is 5.82 Å². The van der Waals surface area contributed by atoms with Crippen LogP contribution in [0.1, 0.15) is 24.8 Å². The normalized spacial score (nSPS) is 24.2. The smallest absolute Gasteiger partial charge is 0.313 e. The fraction of sp³-hybridized carbons (Fsp3) is 0.600. The Kier molecular flexibility index (Phi) is 2.38. The molecule has 0 aliphatic carbocycles. The number of nitrogens with one attached hydrogen (secondary N) is 1. The SMILES string of the molecule is COC(=O)C1CC(C)Nc2c1cnn2C. The van der Waals surface area contributed by atoms with E-state index in [-0.39, 0.29) is 17.9 Å². The molecule has 0 radical (unpaired) electrons. The Hall–Kier alpha value is -1.52. The third-order valence-corrected chi connectivity index (χ3v) is 2.80. The zero-order valence-corrected chi connectivity index (χ0v) is 9.15. The molecular weight excluding hydrogens is 194 g/mol. The maximum atomic E-state index is 11.6. The molecule has 1 N–H and O–H groups in total. The molecule has 0 fully saturated rings. The number of carbonyl (C=O) groups is 1. The summed E-state index contributed by atoms with van der Waals surface area (Å²) >= 11 is 0. The van der Waals surface area contributed by atoms with Crippen molar-refractivity contribution in [3.05, 3.63) is 11.8 Å². The Morgan fingerprint density at radius 1 is 1.73 bits per heavy atom. The maximum Gasteiger partial charge on any atom is 0.313 e. The largest absolute Gasteiger partial charge is 0.469 e. The summed E-state index contributed by atoms with van der Waals surface area (Å²) in [5, 5.41) is 7.46. The van der Waals surface area contributed by atoms with Gasteiger partial charge in [0.1, 0.15) is 5.82 Å². The molecular formula is C10H15N3O2. The monoisotopic (exact) mass is 209 g/mol. The summed E-state index contributed by atoms with van der Waals surface area (Å²) in [5.41, 5.74) is 0.933. The number of carbonyl (C=O) groups excluding carboxylic acids is 1. The van der Waals surface area contributed by atoms with Gasteiger partial charge in [0, 0.05) is 18.7 Å². The molecule has 0 amide bonds. The van der Waals surface area contributed by atoms with Crippen LogP contribution in [0.2, 0.25) is 0 Å². The minimum Gasteiger partial charge on any atom is -0.469 e. The average Bonchev–Trinajstić information content (AvgIpc) is 2.58. The molecule has 0 bridgehead atoms. The lowest BCUT2D eigenvalue weighted by molar-refractivity contribution is -0.142. The van der Waals surface area contributed by atoms with Gasteiger partial charge in [0.2, 0.25) is 0 Å². The second-order valence-corrected chi connectivity index (χ2v) is 3.93. The first-order valence-electron chi connectivity index (χ1n) is 4.99. The van der Waals surface area contributed by atoms with Gasteiger partial charge in [0.25, 0.3) is 0 Å². The molecule has 2 rings (SSSR count). The van der Waals surface area contributed by atoms with Gasteiger partial charge in [0.15, 0.2) is 0 Å². The van der Waals surface area contributed by atoms with E-state index in [9.17, 15) is 4.79 Å². The number of esters is 1. The molecule has 0 saturated heterocycles. The van der Waals surface area contributed by atoms with Crippen molar-refractivity contribution in [2.75, 3.05) is 12.4 Å². The minimum atomic E-state index is -0.185. The van der Waals surface area contributed by atoms with Crippen molar-refractivity contribution < 1.29 is 9.53 Å². The van der Waals surface area contributed by atoms with E-state index in [1.807, 2.05) is 14.0 Å². The molecule has 1 aromatic rings. The quantitative estimate of drug-likeness (QED) is 0.698. The van der Waals surface area contributed by atoms with Gasteiger partial charge < -0.3 is 10.1 Å². The zero-order valence-electron chi connectivity index (χ0n) is 9.15. The highest BCUT2D eigenvalue weighted by molar-refractivity contribution is 5.81. The second-order valence-electron chi connectivity index (χ2n) is 3.93. The molecule has 1 aliphatic rings. The molecule has 1 aliphatic heterocycles. The van der Waals surface area contributed by atoms with Crippen LogP contribution in [0.15, 0.2) is 6.20 Å². The molecule has 0 saturated carbocycles. The van der Waals surface area contributed by atoms with E-state index in [4.69, 9.17) is 4.74 Å². The molecule has 1 aromatic heterocycles.